The predicted molar refractivity (Wildman–Crippen MR) is 270 cm³/mol. The highest BCUT2D eigenvalue weighted by molar-refractivity contribution is 5.71. The largest absolute Gasteiger partial charge is 0.462 e. The first-order valence-corrected chi connectivity index (χ1v) is 26.4. The third-order valence-corrected chi connectivity index (χ3v) is 11.2. The second-order valence-corrected chi connectivity index (χ2v) is 17.4. The molecule has 6 heteroatoms. The first kappa shape index (κ1) is 59.9. The lowest BCUT2D eigenvalue weighted by Crippen LogP contribution is -2.30. The van der Waals surface area contributed by atoms with Crippen LogP contribution in [0, 0.1) is 0 Å². The summed E-state index contributed by atoms with van der Waals surface area (Å²) in [7, 11) is 0. The van der Waals surface area contributed by atoms with E-state index in [9.17, 15) is 14.4 Å². The van der Waals surface area contributed by atoms with Crippen molar-refractivity contribution in [2.24, 2.45) is 0 Å². The first-order valence-electron chi connectivity index (χ1n) is 26.4. The summed E-state index contributed by atoms with van der Waals surface area (Å²) in [5.41, 5.74) is 0. The fraction of sp³-hybridized carbons (Fsp3) is 0.737. The zero-order valence-corrected chi connectivity index (χ0v) is 41.3. The topological polar surface area (TPSA) is 78.9 Å². The standard InChI is InChI=1S/C57H98O6/c1-4-7-10-13-16-19-22-25-28-31-34-37-40-43-46-49-55(58)61-52-54(63-57(60)51-48-45-42-39-36-33-30-27-24-21-18-15-12-9-6-3)53-62-56(59)50-47-44-41-38-35-32-29-26-23-20-17-14-11-8-5-2/h9,12,16,18-21,23,25,27-28,30,54H,4-8,10-11,13-15,17,22,24,26,29,31-53H2,1-3H3/b12-9-,19-16-,21-18-,23-20-,28-25-,30-27-/t54-/m1/s1. The molecular formula is C57H98O6. The van der Waals surface area contributed by atoms with E-state index >= 15 is 0 Å². The second kappa shape index (κ2) is 51.5. The van der Waals surface area contributed by atoms with Crippen LogP contribution < -0.4 is 0 Å². The number of hydrogen-bond donors (Lipinski definition) is 0. The van der Waals surface area contributed by atoms with Crippen LogP contribution in [0.5, 0.6) is 0 Å². The van der Waals surface area contributed by atoms with E-state index in [0.29, 0.717) is 19.3 Å². The van der Waals surface area contributed by atoms with Gasteiger partial charge in [-0.2, -0.15) is 0 Å². The maximum absolute atomic E-state index is 12.8. The summed E-state index contributed by atoms with van der Waals surface area (Å²) in [6, 6.07) is 0. The number of esters is 3. The molecule has 6 nitrogen and oxygen atoms in total. The minimum atomic E-state index is -0.791. The lowest BCUT2D eigenvalue weighted by atomic mass is 10.1. The van der Waals surface area contributed by atoms with Gasteiger partial charge in [-0.1, -0.05) is 196 Å². The molecule has 0 heterocycles. The Morgan fingerprint density at radius 3 is 1.02 bits per heavy atom. The third-order valence-electron chi connectivity index (χ3n) is 11.2. The molecule has 0 saturated heterocycles. The van der Waals surface area contributed by atoms with Gasteiger partial charge in [0.05, 0.1) is 0 Å². The van der Waals surface area contributed by atoms with Crippen molar-refractivity contribution in [1.82, 2.24) is 0 Å². The van der Waals surface area contributed by atoms with Crippen molar-refractivity contribution < 1.29 is 28.6 Å². The number of unbranched alkanes of at least 4 members (excludes halogenated alkanes) is 24. The predicted octanol–water partition coefficient (Wildman–Crippen LogP) is 17.4. The summed E-state index contributed by atoms with van der Waals surface area (Å²) < 4.78 is 16.8. The van der Waals surface area contributed by atoms with Gasteiger partial charge in [-0.3, -0.25) is 14.4 Å². The quantitative estimate of drug-likeness (QED) is 0.0262. The zero-order valence-electron chi connectivity index (χ0n) is 41.3. The Kier molecular flexibility index (Phi) is 48.9. The van der Waals surface area contributed by atoms with Crippen LogP contribution in [0.25, 0.3) is 0 Å². The molecule has 0 aliphatic carbocycles. The van der Waals surface area contributed by atoms with E-state index in [1.54, 1.807) is 0 Å². The molecule has 0 fully saturated rings. The number of hydrogen-bond acceptors (Lipinski definition) is 6. The first-order chi connectivity index (χ1) is 31.0. The van der Waals surface area contributed by atoms with Crippen LogP contribution in [0.3, 0.4) is 0 Å². The number of rotatable bonds is 47. The summed E-state index contributed by atoms with van der Waals surface area (Å²) in [5.74, 6) is -0.922. The molecule has 0 bridgehead atoms. The molecule has 0 amide bonds. The number of allylic oxidation sites excluding steroid dienone is 12. The summed E-state index contributed by atoms with van der Waals surface area (Å²) in [6.07, 6.45) is 64.5. The van der Waals surface area contributed by atoms with Gasteiger partial charge in [0.15, 0.2) is 6.10 Å². The molecule has 0 saturated carbocycles. The minimum absolute atomic E-state index is 0.0893. The van der Waals surface area contributed by atoms with Crippen LogP contribution in [0.2, 0.25) is 0 Å². The molecule has 0 rings (SSSR count). The molecule has 0 aliphatic heterocycles. The van der Waals surface area contributed by atoms with E-state index < -0.39 is 6.10 Å². The molecule has 63 heavy (non-hydrogen) atoms. The maximum atomic E-state index is 12.8. The van der Waals surface area contributed by atoms with Crippen LogP contribution in [-0.2, 0) is 28.6 Å². The molecule has 0 aromatic rings. The van der Waals surface area contributed by atoms with E-state index in [1.165, 1.54) is 89.9 Å². The van der Waals surface area contributed by atoms with Gasteiger partial charge in [-0.25, -0.2) is 0 Å². The Bertz CT molecular complexity index is 1190. The molecule has 0 aliphatic rings. The van der Waals surface area contributed by atoms with Gasteiger partial charge in [0.1, 0.15) is 13.2 Å². The second-order valence-electron chi connectivity index (χ2n) is 17.4. The van der Waals surface area contributed by atoms with Gasteiger partial charge in [0.2, 0.25) is 0 Å². The monoisotopic (exact) mass is 879 g/mol. The molecule has 0 radical (unpaired) electrons. The average molecular weight is 879 g/mol. The average Bonchev–Trinajstić information content (AvgIpc) is 3.28. The Morgan fingerprint density at radius 2 is 0.619 bits per heavy atom. The van der Waals surface area contributed by atoms with E-state index in [-0.39, 0.29) is 31.1 Å². The van der Waals surface area contributed by atoms with Crippen LogP contribution in [0.1, 0.15) is 252 Å². The fourth-order valence-electron chi connectivity index (χ4n) is 7.19. The van der Waals surface area contributed by atoms with Crippen molar-refractivity contribution in [3.8, 4) is 0 Å². The van der Waals surface area contributed by atoms with Gasteiger partial charge in [0.25, 0.3) is 0 Å². The van der Waals surface area contributed by atoms with E-state index in [1.807, 2.05) is 0 Å². The van der Waals surface area contributed by atoms with Crippen molar-refractivity contribution in [2.45, 2.75) is 258 Å². The minimum Gasteiger partial charge on any atom is -0.462 e. The molecule has 0 N–H and O–H groups in total. The number of carbonyl (C=O) groups excluding carboxylic acids is 3. The lowest BCUT2D eigenvalue weighted by molar-refractivity contribution is -0.167. The van der Waals surface area contributed by atoms with Crippen LogP contribution >= 0.6 is 0 Å². The SMILES string of the molecule is CC/C=C\C/C=C\C/C=C\CCCCCCCC(=O)O[C@H](COC(=O)CCCCCCC/C=C\C/C=C\CCCCC)COC(=O)CCCCCCCCC/C=C\CCCCCC. The highest BCUT2D eigenvalue weighted by Crippen LogP contribution is 2.14. The normalized spacial score (nSPS) is 12.6. The highest BCUT2D eigenvalue weighted by Gasteiger charge is 2.19. The molecule has 0 aromatic carbocycles. The maximum Gasteiger partial charge on any atom is 0.306 e. The molecule has 1 atom stereocenters. The van der Waals surface area contributed by atoms with Crippen LogP contribution in [0.4, 0.5) is 0 Å². The molecule has 0 unspecified atom stereocenters. The van der Waals surface area contributed by atoms with Crippen molar-refractivity contribution >= 4 is 17.9 Å². The van der Waals surface area contributed by atoms with Gasteiger partial charge >= 0.3 is 17.9 Å². The molecule has 0 spiro atoms. The van der Waals surface area contributed by atoms with Crippen LogP contribution in [-0.4, -0.2) is 37.2 Å². The summed E-state index contributed by atoms with van der Waals surface area (Å²) in [5, 5.41) is 0. The zero-order chi connectivity index (χ0) is 45.8. The van der Waals surface area contributed by atoms with Gasteiger partial charge in [0, 0.05) is 19.3 Å². The van der Waals surface area contributed by atoms with Crippen molar-refractivity contribution in [3.63, 3.8) is 0 Å². The molecule has 0 aromatic heterocycles. The van der Waals surface area contributed by atoms with E-state index in [4.69, 9.17) is 14.2 Å². The van der Waals surface area contributed by atoms with Crippen LogP contribution in [0.15, 0.2) is 72.9 Å². The smallest absolute Gasteiger partial charge is 0.306 e. The summed E-state index contributed by atoms with van der Waals surface area (Å²) >= 11 is 0. The Hall–Kier alpha value is -3.15. The van der Waals surface area contributed by atoms with E-state index in [0.717, 1.165) is 122 Å². The fourth-order valence-corrected chi connectivity index (χ4v) is 7.19. The van der Waals surface area contributed by atoms with E-state index in [2.05, 4.69) is 93.7 Å². The van der Waals surface area contributed by atoms with Crippen molar-refractivity contribution in [3.05, 3.63) is 72.9 Å². The Balaban J connectivity index is 4.44. The molecule has 362 valence electrons. The Labute approximate surface area is 389 Å². The number of carbonyl (C=O) groups is 3. The third kappa shape index (κ3) is 49.7. The molecular weight excluding hydrogens is 781 g/mol. The number of ether oxygens (including phenoxy) is 3. The summed E-state index contributed by atoms with van der Waals surface area (Å²) in [4.78, 5) is 38.0. The summed E-state index contributed by atoms with van der Waals surface area (Å²) in [6.45, 7) is 6.46. The lowest BCUT2D eigenvalue weighted by Gasteiger charge is -2.18. The highest BCUT2D eigenvalue weighted by atomic mass is 16.6. The Morgan fingerprint density at radius 1 is 0.333 bits per heavy atom. The van der Waals surface area contributed by atoms with Gasteiger partial charge < -0.3 is 14.2 Å². The van der Waals surface area contributed by atoms with Crippen molar-refractivity contribution in [1.29, 1.82) is 0 Å². The van der Waals surface area contributed by atoms with Crippen molar-refractivity contribution in [2.75, 3.05) is 13.2 Å². The van der Waals surface area contributed by atoms with Gasteiger partial charge in [-0.05, 0) is 109 Å². The van der Waals surface area contributed by atoms with Gasteiger partial charge in [-0.15, -0.1) is 0 Å².